The van der Waals surface area contributed by atoms with Crippen molar-refractivity contribution in [2.45, 2.75) is 49.2 Å². The van der Waals surface area contributed by atoms with Gasteiger partial charge in [-0.05, 0) is 55.0 Å². The van der Waals surface area contributed by atoms with Crippen molar-refractivity contribution in [3.05, 3.63) is 63.8 Å². The molecule has 1 aliphatic heterocycles. The van der Waals surface area contributed by atoms with Gasteiger partial charge < -0.3 is 4.74 Å². The third-order valence-corrected chi connectivity index (χ3v) is 7.82. The zero-order chi connectivity index (χ0) is 22.3. The number of esters is 1. The van der Waals surface area contributed by atoms with Crippen LogP contribution in [0.25, 0.3) is 0 Å². The number of rotatable bonds is 10. The summed E-state index contributed by atoms with van der Waals surface area (Å²) in [6.07, 6.45) is 6.79. The molecule has 168 valence electrons. The molecule has 9 heteroatoms. The summed E-state index contributed by atoms with van der Waals surface area (Å²) in [4.78, 5) is 15.0. The Balaban J connectivity index is 1.64. The van der Waals surface area contributed by atoms with Gasteiger partial charge in [-0.2, -0.15) is 0 Å². The number of thiophene rings is 1. The third-order valence-electron chi connectivity index (χ3n) is 5.17. The van der Waals surface area contributed by atoms with Gasteiger partial charge in [0, 0.05) is 41.5 Å². The molecule has 2 atom stereocenters. The molecule has 0 spiro atoms. The molecule has 0 aliphatic carbocycles. The highest BCUT2D eigenvalue weighted by Crippen LogP contribution is 2.25. The highest BCUT2D eigenvalue weighted by atomic mass is 35.5. The van der Waals surface area contributed by atoms with Crippen LogP contribution in [-0.4, -0.2) is 45.0 Å². The molecular weight excluding hydrogens is 456 g/mol. The summed E-state index contributed by atoms with van der Waals surface area (Å²) in [5.74, 6) is -0.203. The number of hydrogen-bond acceptors (Lipinski definition) is 6. The smallest absolute Gasteiger partial charge is 0.305 e. The first-order chi connectivity index (χ1) is 14.9. The molecule has 2 heterocycles. The number of benzene rings is 1. The molecule has 2 aromatic rings. The molecule has 3 rings (SSSR count). The van der Waals surface area contributed by atoms with Gasteiger partial charge in [0.05, 0.1) is 12.0 Å². The number of halogens is 1. The summed E-state index contributed by atoms with van der Waals surface area (Å²) in [6, 6.07) is 10.2. The van der Waals surface area contributed by atoms with Gasteiger partial charge in [0.2, 0.25) is 10.0 Å². The van der Waals surface area contributed by atoms with Crippen LogP contribution in [0, 0.1) is 0 Å². The molecule has 1 fully saturated rings. The third kappa shape index (κ3) is 7.15. The topological polar surface area (TPSA) is 75.7 Å². The van der Waals surface area contributed by atoms with Crippen molar-refractivity contribution in [3.8, 4) is 0 Å². The van der Waals surface area contributed by atoms with Gasteiger partial charge in [-0.1, -0.05) is 29.8 Å². The van der Waals surface area contributed by atoms with Crippen LogP contribution in [-0.2, 0) is 26.1 Å². The number of allylic oxidation sites excluding steroid dienone is 1. The van der Waals surface area contributed by atoms with Crippen LogP contribution in [0.4, 0.5) is 0 Å². The lowest BCUT2D eigenvalue weighted by Crippen LogP contribution is -2.37. The number of likely N-dealkylation sites (tertiary alicyclic amines) is 1. The molecule has 0 saturated carbocycles. The van der Waals surface area contributed by atoms with Crippen molar-refractivity contribution in [3.63, 3.8) is 0 Å². The zero-order valence-electron chi connectivity index (χ0n) is 17.4. The Morgan fingerprint density at radius 3 is 2.77 bits per heavy atom. The number of nitrogens with one attached hydrogen (secondary N) is 1. The second kappa shape index (κ2) is 11.2. The lowest BCUT2D eigenvalue weighted by atomic mass is 10.1. The fourth-order valence-corrected chi connectivity index (χ4v) is 5.72. The molecule has 6 nitrogen and oxygen atoms in total. The van der Waals surface area contributed by atoms with Crippen molar-refractivity contribution in [2.24, 2.45) is 0 Å². The largest absolute Gasteiger partial charge is 0.469 e. The average Bonchev–Trinajstić information content (AvgIpc) is 3.38. The number of carbonyl (C=O) groups excluding carboxylic acids is 1. The molecule has 0 unspecified atom stereocenters. The van der Waals surface area contributed by atoms with Crippen molar-refractivity contribution in [1.29, 1.82) is 0 Å². The second-order valence-electron chi connectivity index (χ2n) is 7.48. The minimum Gasteiger partial charge on any atom is -0.469 e. The monoisotopic (exact) mass is 482 g/mol. The SMILES string of the molecule is COC(=O)CCC/C=C\[C@@H]1C[C@@H](NS(=O)(=O)c2ccc(Cl)cc2)CN1Cc1cccs1. The molecule has 0 amide bonds. The lowest BCUT2D eigenvalue weighted by molar-refractivity contribution is -0.140. The van der Waals surface area contributed by atoms with Gasteiger partial charge in [-0.3, -0.25) is 9.69 Å². The van der Waals surface area contributed by atoms with E-state index in [9.17, 15) is 13.2 Å². The van der Waals surface area contributed by atoms with Crippen LogP contribution in [0.1, 0.15) is 30.6 Å². The van der Waals surface area contributed by atoms with Gasteiger partial charge >= 0.3 is 5.97 Å². The molecule has 31 heavy (non-hydrogen) atoms. The van der Waals surface area contributed by atoms with E-state index in [-0.39, 0.29) is 22.9 Å². The molecular formula is C22H27ClN2O4S2. The van der Waals surface area contributed by atoms with Gasteiger partial charge in [0.25, 0.3) is 0 Å². The Morgan fingerprint density at radius 2 is 2.10 bits per heavy atom. The summed E-state index contributed by atoms with van der Waals surface area (Å²) in [5, 5.41) is 2.54. The first kappa shape index (κ1) is 23.9. The predicted octanol–water partition coefficient (Wildman–Crippen LogP) is 4.22. The summed E-state index contributed by atoms with van der Waals surface area (Å²) >= 11 is 7.57. The van der Waals surface area contributed by atoms with Crippen LogP contribution in [0.3, 0.4) is 0 Å². The number of ether oxygens (including phenoxy) is 1. The quantitative estimate of drug-likeness (QED) is 0.311. The lowest BCUT2D eigenvalue weighted by Gasteiger charge is -2.21. The maximum Gasteiger partial charge on any atom is 0.305 e. The highest BCUT2D eigenvalue weighted by Gasteiger charge is 2.33. The van der Waals surface area contributed by atoms with Crippen molar-refractivity contribution in [1.82, 2.24) is 9.62 Å². The van der Waals surface area contributed by atoms with E-state index in [0.29, 0.717) is 24.4 Å². The number of unbranched alkanes of at least 4 members (excludes halogenated alkanes) is 1. The predicted molar refractivity (Wildman–Crippen MR) is 124 cm³/mol. The van der Waals surface area contributed by atoms with E-state index >= 15 is 0 Å². The Morgan fingerprint density at radius 1 is 1.32 bits per heavy atom. The number of hydrogen-bond donors (Lipinski definition) is 1. The number of methoxy groups -OCH3 is 1. The van der Waals surface area contributed by atoms with Crippen LogP contribution in [0.15, 0.2) is 58.8 Å². The summed E-state index contributed by atoms with van der Waals surface area (Å²) in [7, 11) is -2.23. The van der Waals surface area contributed by atoms with Crippen LogP contribution in [0.2, 0.25) is 5.02 Å². The summed E-state index contributed by atoms with van der Waals surface area (Å²) in [6.45, 7) is 1.40. The maximum absolute atomic E-state index is 12.8. The van der Waals surface area contributed by atoms with Crippen LogP contribution in [0.5, 0.6) is 0 Å². The van der Waals surface area contributed by atoms with E-state index in [1.807, 2.05) is 11.4 Å². The minimum absolute atomic E-state index is 0.123. The van der Waals surface area contributed by atoms with E-state index in [0.717, 1.165) is 19.4 Å². The average molecular weight is 483 g/mol. The van der Waals surface area contributed by atoms with E-state index in [1.54, 1.807) is 23.5 Å². The Kier molecular flexibility index (Phi) is 8.68. The zero-order valence-corrected chi connectivity index (χ0v) is 19.8. The van der Waals surface area contributed by atoms with Gasteiger partial charge in [-0.15, -0.1) is 11.3 Å². The highest BCUT2D eigenvalue weighted by molar-refractivity contribution is 7.89. The molecule has 1 N–H and O–H groups in total. The summed E-state index contributed by atoms with van der Waals surface area (Å²) < 4.78 is 33.1. The van der Waals surface area contributed by atoms with Gasteiger partial charge in [-0.25, -0.2) is 13.1 Å². The van der Waals surface area contributed by atoms with Crippen LogP contribution >= 0.6 is 22.9 Å². The molecule has 0 bridgehead atoms. The van der Waals surface area contributed by atoms with Gasteiger partial charge in [0.1, 0.15) is 0 Å². The van der Waals surface area contributed by atoms with Crippen molar-refractivity contribution in [2.75, 3.05) is 13.7 Å². The van der Waals surface area contributed by atoms with Crippen LogP contribution < -0.4 is 4.72 Å². The fraction of sp³-hybridized carbons (Fsp3) is 0.409. The molecule has 0 radical (unpaired) electrons. The van der Waals surface area contributed by atoms with Crippen molar-refractivity contribution < 1.29 is 17.9 Å². The van der Waals surface area contributed by atoms with Gasteiger partial charge in [0.15, 0.2) is 0 Å². The molecule has 1 aromatic heterocycles. The second-order valence-corrected chi connectivity index (χ2v) is 10.7. The number of sulfonamides is 1. The van der Waals surface area contributed by atoms with Crippen molar-refractivity contribution >= 4 is 38.9 Å². The Hall–Kier alpha value is -1.71. The first-order valence-corrected chi connectivity index (χ1v) is 12.9. The number of carbonyl (C=O) groups is 1. The summed E-state index contributed by atoms with van der Waals surface area (Å²) in [5.41, 5.74) is 0. The molecule has 1 aliphatic rings. The fourth-order valence-electron chi connectivity index (χ4n) is 3.62. The van der Waals surface area contributed by atoms with E-state index < -0.39 is 10.0 Å². The first-order valence-electron chi connectivity index (χ1n) is 10.1. The maximum atomic E-state index is 12.8. The Labute approximate surface area is 192 Å². The number of nitrogens with zero attached hydrogens (tertiary/aromatic N) is 1. The molecule has 1 saturated heterocycles. The van der Waals surface area contributed by atoms with E-state index in [2.05, 4.69) is 32.6 Å². The standard InChI is InChI=1S/C22H27ClN2O4S2/c1-29-22(26)8-4-2-3-6-19-14-18(15-25(19)16-20-7-5-13-30-20)24-31(27,28)21-11-9-17(23)10-12-21/h3,5-7,9-13,18-19,24H,2,4,8,14-16H2,1H3/b6-3-/t18-,19-/m1/s1. The minimum atomic E-state index is -3.62. The normalized spacial score (nSPS) is 19.8. The Bertz CT molecular complexity index is 975. The van der Waals surface area contributed by atoms with E-state index in [1.165, 1.54) is 24.1 Å². The van der Waals surface area contributed by atoms with E-state index in [4.69, 9.17) is 11.6 Å². The molecule has 1 aromatic carbocycles.